The summed E-state index contributed by atoms with van der Waals surface area (Å²) < 4.78 is 39.9. The van der Waals surface area contributed by atoms with E-state index >= 15 is 0 Å². The highest BCUT2D eigenvalue weighted by Gasteiger charge is 2.15. The summed E-state index contributed by atoms with van der Waals surface area (Å²) >= 11 is 0. The van der Waals surface area contributed by atoms with E-state index in [1.165, 1.54) is 30.3 Å². The van der Waals surface area contributed by atoms with Gasteiger partial charge in [-0.25, -0.2) is 12.8 Å². The first-order chi connectivity index (χ1) is 9.92. The standard InChI is InChI=1S/C15H13FN2O2S/c1-11-10-13(16)4-7-15(11)18-21(19,20)14-5-2-12(3-6-14)8-9-17/h2-7,10,18H,8H2,1H3. The number of sulfonamides is 1. The summed E-state index contributed by atoms with van der Waals surface area (Å²) in [7, 11) is -3.74. The molecule has 1 N–H and O–H groups in total. The molecule has 0 heterocycles. The number of hydrogen-bond donors (Lipinski definition) is 1. The topological polar surface area (TPSA) is 70.0 Å². The van der Waals surface area contributed by atoms with Crippen LogP contribution in [-0.4, -0.2) is 8.42 Å². The van der Waals surface area contributed by atoms with Crippen molar-refractivity contribution in [2.45, 2.75) is 18.2 Å². The summed E-state index contributed by atoms with van der Waals surface area (Å²) in [6.07, 6.45) is 0.227. The number of halogens is 1. The first-order valence-electron chi connectivity index (χ1n) is 6.17. The lowest BCUT2D eigenvalue weighted by Crippen LogP contribution is -2.13. The summed E-state index contributed by atoms with van der Waals surface area (Å²) in [5, 5.41) is 8.59. The number of anilines is 1. The van der Waals surface area contributed by atoms with Gasteiger partial charge < -0.3 is 0 Å². The Balaban J connectivity index is 2.27. The predicted octanol–water partition coefficient (Wildman–Crippen LogP) is 3.00. The molecular formula is C15H13FN2O2S. The Kier molecular flexibility index (Phi) is 4.24. The molecule has 108 valence electrons. The van der Waals surface area contributed by atoms with Crippen molar-refractivity contribution in [3.8, 4) is 6.07 Å². The highest BCUT2D eigenvalue weighted by atomic mass is 32.2. The number of rotatable bonds is 4. The van der Waals surface area contributed by atoms with Gasteiger partial charge in [-0.05, 0) is 48.4 Å². The summed E-state index contributed by atoms with van der Waals surface area (Å²) in [6, 6.07) is 11.9. The van der Waals surface area contributed by atoms with Gasteiger partial charge in [0.25, 0.3) is 10.0 Å². The molecule has 0 atom stereocenters. The molecule has 0 aliphatic carbocycles. The second-order valence-electron chi connectivity index (χ2n) is 4.54. The largest absolute Gasteiger partial charge is 0.279 e. The van der Waals surface area contributed by atoms with Gasteiger partial charge in [0.15, 0.2) is 0 Å². The zero-order valence-corrected chi connectivity index (χ0v) is 12.1. The van der Waals surface area contributed by atoms with E-state index in [0.717, 1.165) is 5.56 Å². The minimum absolute atomic E-state index is 0.0907. The van der Waals surface area contributed by atoms with Crippen LogP contribution in [0.5, 0.6) is 0 Å². The number of nitrogens with zero attached hydrogens (tertiary/aromatic N) is 1. The van der Waals surface area contributed by atoms with E-state index in [1.54, 1.807) is 19.1 Å². The summed E-state index contributed by atoms with van der Waals surface area (Å²) in [6.45, 7) is 1.62. The van der Waals surface area contributed by atoms with Crippen LogP contribution in [0.25, 0.3) is 0 Å². The fourth-order valence-corrected chi connectivity index (χ4v) is 2.95. The Labute approximate surface area is 122 Å². The Morgan fingerprint density at radius 1 is 1.19 bits per heavy atom. The average molecular weight is 304 g/mol. The summed E-state index contributed by atoms with van der Waals surface area (Å²) in [4.78, 5) is 0.0907. The number of nitrogens with one attached hydrogen (secondary N) is 1. The third kappa shape index (κ3) is 3.58. The van der Waals surface area contributed by atoms with E-state index in [9.17, 15) is 12.8 Å². The summed E-state index contributed by atoms with van der Waals surface area (Å²) in [5.74, 6) is -0.420. The van der Waals surface area contributed by atoms with E-state index in [-0.39, 0.29) is 11.3 Å². The predicted molar refractivity (Wildman–Crippen MR) is 77.7 cm³/mol. The van der Waals surface area contributed by atoms with Crippen LogP contribution in [0.15, 0.2) is 47.4 Å². The van der Waals surface area contributed by atoms with Gasteiger partial charge in [-0.3, -0.25) is 4.72 Å². The molecule has 0 fully saturated rings. The zero-order chi connectivity index (χ0) is 15.5. The lowest BCUT2D eigenvalue weighted by molar-refractivity contribution is 0.601. The lowest BCUT2D eigenvalue weighted by Gasteiger charge is -2.10. The molecule has 2 rings (SSSR count). The Morgan fingerprint density at radius 2 is 1.86 bits per heavy atom. The minimum atomic E-state index is -3.74. The van der Waals surface area contributed by atoms with E-state index in [2.05, 4.69) is 4.72 Å². The van der Waals surface area contributed by atoms with Crippen LogP contribution in [0.4, 0.5) is 10.1 Å². The molecule has 0 aliphatic heterocycles. The third-order valence-electron chi connectivity index (χ3n) is 2.95. The van der Waals surface area contributed by atoms with Crippen molar-refractivity contribution in [3.63, 3.8) is 0 Å². The van der Waals surface area contributed by atoms with Crippen LogP contribution in [0.2, 0.25) is 0 Å². The fourth-order valence-electron chi connectivity index (χ4n) is 1.82. The summed E-state index contributed by atoms with van der Waals surface area (Å²) in [5.41, 5.74) is 1.58. The average Bonchev–Trinajstić information content (AvgIpc) is 2.43. The second kappa shape index (κ2) is 5.94. The van der Waals surface area contributed by atoms with E-state index in [4.69, 9.17) is 5.26 Å². The smallest absolute Gasteiger partial charge is 0.261 e. The normalized spacial score (nSPS) is 10.9. The molecule has 0 amide bonds. The van der Waals surface area contributed by atoms with Crippen molar-refractivity contribution in [2.75, 3.05) is 4.72 Å². The van der Waals surface area contributed by atoms with Crippen LogP contribution >= 0.6 is 0 Å². The molecule has 0 saturated carbocycles. The number of hydrogen-bond acceptors (Lipinski definition) is 3. The molecule has 0 spiro atoms. The Bertz CT molecular complexity index is 793. The molecule has 0 aromatic heterocycles. The van der Waals surface area contributed by atoms with Gasteiger partial charge in [0.1, 0.15) is 5.82 Å². The first kappa shape index (κ1) is 15.0. The molecule has 2 aromatic carbocycles. The molecule has 0 bridgehead atoms. The van der Waals surface area contributed by atoms with Crippen molar-refractivity contribution in [1.82, 2.24) is 0 Å². The SMILES string of the molecule is Cc1cc(F)ccc1NS(=O)(=O)c1ccc(CC#N)cc1. The van der Waals surface area contributed by atoms with Gasteiger partial charge in [0, 0.05) is 0 Å². The lowest BCUT2D eigenvalue weighted by atomic mass is 10.2. The molecule has 6 heteroatoms. The van der Waals surface area contributed by atoms with Crippen molar-refractivity contribution in [2.24, 2.45) is 0 Å². The number of nitriles is 1. The minimum Gasteiger partial charge on any atom is -0.279 e. The maximum atomic E-state index is 13.0. The molecule has 0 saturated heterocycles. The Hall–Kier alpha value is -2.39. The van der Waals surface area contributed by atoms with E-state index in [1.807, 2.05) is 6.07 Å². The van der Waals surface area contributed by atoms with Gasteiger partial charge in [0.05, 0.1) is 23.1 Å². The van der Waals surface area contributed by atoms with Gasteiger partial charge in [-0.1, -0.05) is 12.1 Å². The van der Waals surface area contributed by atoms with Crippen molar-refractivity contribution < 1.29 is 12.8 Å². The zero-order valence-electron chi connectivity index (χ0n) is 11.3. The second-order valence-corrected chi connectivity index (χ2v) is 6.23. The van der Waals surface area contributed by atoms with Gasteiger partial charge in [-0.15, -0.1) is 0 Å². The van der Waals surface area contributed by atoms with Crippen LogP contribution in [-0.2, 0) is 16.4 Å². The molecule has 0 radical (unpaired) electrons. The van der Waals surface area contributed by atoms with Crippen molar-refractivity contribution in [1.29, 1.82) is 5.26 Å². The molecule has 0 aliphatic rings. The van der Waals surface area contributed by atoms with E-state index in [0.29, 0.717) is 11.3 Å². The van der Waals surface area contributed by atoms with Gasteiger partial charge in [-0.2, -0.15) is 5.26 Å². The van der Waals surface area contributed by atoms with Crippen LogP contribution in [0, 0.1) is 24.1 Å². The first-order valence-corrected chi connectivity index (χ1v) is 7.65. The van der Waals surface area contributed by atoms with Crippen LogP contribution in [0.1, 0.15) is 11.1 Å². The van der Waals surface area contributed by atoms with E-state index < -0.39 is 15.8 Å². The fraction of sp³-hybridized carbons (Fsp3) is 0.133. The van der Waals surface area contributed by atoms with Crippen molar-refractivity contribution in [3.05, 3.63) is 59.4 Å². The maximum absolute atomic E-state index is 13.0. The quantitative estimate of drug-likeness (QED) is 0.944. The third-order valence-corrected chi connectivity index (χ3v) is 4.33. The highest BCUT2D eigenvalue weighted by molar-refractivity contribution is 7.92. The number of benzene rings is 2. The van der Waals surface area contributed by atoms with Gasteiger partial charge in [0.2, 0.25) is 0 Å². The molecular weight excluding hydrogens is 291 g/mol. The van der Waals surface area contributed by atoms with Gasteiger partial charge >= 0.3 is 0 Å². The van der Waals surface area contributed by atoms with Crippen LogP contribution < -0.4 is 4.72 Å². The van der Waals surface area contributed by atoms with Crippen molar-refractivity contribution >= 4 is 15.7 Å². The molecule has 0 unspecified atom stereocenters. The highest BCUT2D eigenvalue weighted by Crippen LogP contribution is 2.20. The van der Waals surface area contributed by atoms with Crippen LogP contribution in [0.3, 0.4) is 0 Å². The Morgan fingerprint density at radius 3 is 2.43 bits per heavy atom. The number of aryl methyl sites for hydroxylation is 1. The molecule has 21 heavy (non-hydrogen) atoms. The molecule has 2 aromatic rings. The monoisotopic (exact) mass is 304 g/mol. The molecule has 4 nitrogen and oxygen atoms in total. The maximum Gasteiger partial charge on any atom is 0.261 e.